The second-order valence-corrected chi connectivity index (χ2v) is 7.55. The smallest absolute Gasteiger partial charge is 0.396 e. The van der Waals surface area contributed by atoms with Crippen molar-refractivity contribution in [3.63, 3.8) is 0 Å². The first kappa shape index (κ1) is 23.4. The topological polar surface area (TPSA) is 84.1 Å². The van der Waals surface area contributed by atoms with E-state index in [2.05, 4.69) is 20.4 Å². The molecular weight excluding hydrogens is 452 g/mol. The van der Waals surface area contributed by atoms with Crippen molar-refractivity contribution in [1.82, 2.24) is 15.1 Å². The molecule has 2 N–H and O–H groups in total. The van der Waals surface area contributed by atoms with Crippen molar-refractivity contribution in [2.75, 3.05) is 18.5 Å². The lowest BCUT2D eigenvalue weighted by molar-refractivity contribution is -0.137. The number of alkyl halides is 3. The first-order valence-electron chi connectivity index (χ1n) is 10.4. The molecule has 2 aromatic carbocycles. The van der Waals surface area contributed by atoms with Crippen LogP contribution in [0.5, 0.6) is 0 Å². The normalized spacial score (nSPS) is 11.6. The summed E-state index contributed by atoms with van der Waals surface area (Å²) in [6.45, 7) is 2.45. The minimum absolute atomic E-state index is 0.0538. The second kappa shape index (κ2) is 9.60. The van der Waals surface area contributed by atoms with Gasteiger partial charge in [0.05, 0.1) is 5.56 Å². The van der Waals surface area contributed by atoms with Crippen LogP contribution in [0.15, 0.2) is 59.3 Å². The minimum atomic E-state index is -4.73. The standard InChI is InChI=1S/C24H20F4N4O2/c1-14-11-16(13-30-21(14)29-9-4-10-33)22-31-23(34-32-22)15-7-8-17(19(12-15)24(26,27)28)18-5-2-3-6-20(18)25/h2-3,5-8,11-13,33H,4,9-10H2,1H3,(H,29,30). The number of aliphatic hydroxyl groups excluding tert-OH is 1. The Bertz CT molecular complexity index is 1300. The van der Waals surface area contributed by atoms with E-state index < -0.39 is 17.6 Å². The van der Waals surface area contributed by atoms with Crippen molar-refractivity contribution < 1.29 is 27.2 Å². The van der Waals surface area contributed by atoms with Gasteiger partial charge in [0, 0.05) is 36.0 Å². The van der Waals surface area contributed by atoms with E-state index in [4.69, 9.17) is 9.63 Å². The summed E-state index contributed by atoms with van der Waals surface area (Å²) in [6.07, 6.45) is -2.63. The molecule has 4 rings (SSSR count). The third-order valence-corrected chi connectivity index (χ3v) is 5.13. The Labute approximate surface area is 192 Å². The van der Waals surface area contributed by atoms with Gasteiger partial charge in [-0.25, -0.2) is 9.37 Å². The van der Waals surface area contributed by atoms with Gasteiger partial charge >= 0.3 is 6.18 Å². The van der Waals surface area contributed by atoms with E-state index in [-0.39, 0.29) is 35.0 Å². The Balaban J connectivity index is 1.66. The molecule has 176 valence electrons. The van der Waals surface area contributed by atoms with Crippen LogP contribution in [0.1, 0.15) is 17.5 Å². The summed E-state index contributed by atoms with van der Waals surface area (Å²) in [6, 6.07) is 10.5. The average Bonchev–Trinajstić information content (AvgIpc) is 3.30. The van der Waals surface area contributed by atoms with Crippen LogP contribution in [-0.4, -0.2) is 33.4 Å². The highest BCUT2D eigenvalue weighted by atomic mass is 19.4. The number of hydrogen-bond donors (Lipinski definition) is 2. The molecule has 0 atom stereocenters. The summed E-state index contributed by atoms with van der Waals surface area (Å²) in [5, 5.41) is 15.9. The maximum Gasteiger partial charge on any atom is 0.417 e. The molecule has 0 radical (unpaired) electrons. The predicted molar refractivity (Wildman–Crippen MR) is 118 cm³/mol. The second-order valence-electron chi connectivity index (χ2n) is 7.55. The number of nitrogens with one attached hydrogen (secondary N) is 1. The van der Waals surface area contributed by atoms with Crippen LogP contribution in [0.3, 0.4) is 0 Å². The molecule has 10 heteroatoms. The van der Waals surface area contributed by atoms with E-state index in [0.29, 0.717) is 24.3 Å². The van der Waals surface area contributed by atoms with Crippen LogP contribution < -0.4 is 5.32 Å². The molecule has 0 aliphatic rings. The Morgan fingerprint density at radius 1 is 1.03 bits per heavy atom. The predicted octanol–water partition coefficient (Wildman–Crippen LogP) is 5.73. The van der Waals surface area contributed by atoms with E-state index >= 15 is 0 Å². The Morgan fingerprint density at radius 3 is 2.53 bits per heavy atom. The molecule has 0 saturated heterocycles. The molecule has 0 spiro atoms. The van der Waals surface area contributed by atoms with Gasteiger partial charge in [-0.1, -0.05) is 29.4 Å². The molecule has 0 fully saturated rings. The highest BCUT2D eigenvalue weighted by molar-refractivity contribution is 5.73. The van der Waals surface area contributed by atoms with Gasteiger partial charge in [-0.3, -0.25) is 0 Å². The molecule has 4 aromatic rings. The highest BCUT2D eigenvalue weighted by Crippen LogP contribution is 2.40. The third-order valence-electron chi connectivity index (χ3n) is 5.13. The summed E-state index contributed by atoms with van der Waals surface area (Å²) in [7, 11) is 0. The van der Waals surface area contributed by atoms with E-state index in [1.807, 2.05) is 6.92 Å². The lowest BCUT2D eigenvalue weighted by atomic mass is 9.96. The summed E-state index contributed by atoms with van der Waals surface area (Å²) < 4.78 is 60.8. The zero-order valence-electron chi connectivity index (χ0n) is 18.0. The Hall–Kier alpha value is -3.79. The molecule has 0 aliphatic carbocycles. The maximum absolute atomic E-state index is 14.2. The fourth-order valence-electron chi connectivity index (χ4n) is 3.45. The van der Waals surface area contributed by atoms with Crippen molar-refractivity contribution >= 4 is 5.82 Å². The first-order valence-corrected chi connectivity index (χ1v) is 10.4. The Kier molecular flexibility index (Phi) is 6.60. The van der Waals surface area contributed by atoms with E-state index in [0.717, 1.165) is 17.7 Å². The number of benzene rings is 2. The van der Waals surface area contributed by atoms with Crippen LogP contribution in [-0.2, 0) is 6.18 Å². The van der Waals surface area contributed by atoms with Gasteiger partial charge in [0.15, 0.2) is 0 Å². The van der Waals surface area contributed by atoms with Gasteiger partial charge in [0.25, 0.3) is 5.89 Å². The number of rotatable bonds is 7. The average molecular weight is 472 g/mol. The van der Waals surface area contributed by atoms with Crippen molar-refractivity contribution in [3.8, 4) is 34.0 Å². The van der Waals surface area contributed by atoms with Gasteiger partial charge in [-0.05, 0) is 48.7 Å². The van der Waals surface area contributed by atoms with Crippen LogP contribution in [0.25, 0.3) is 34.0 Å². The molecule has 6 nitrogen and oxygen atoms in total. The van der Waals surface area contributed by atoms with E-state index in [1.54, 1.807) is 6.07 Å². The number of nitrogens with zero attached hydrogens (tertiary/aromatic N) is 3. The van der Waals surface area contributed by atoms with Crippen LogP contribution >= 0.6 is 0 Å². The lowest BCUT2D eigenvalue weighted by Crippen LogP contribution is -2.08. The molecule has 0 unspecified atom stereocenters. The van der Waals surface area contributed by atoms with E-state index in [9.17, 15) is 17.6 Å². The monoisotopic (exact) mass is 472 g/mol. The first-order chi connectivity index (χ1) is 16.3. The van der Waals surface area contributed by atoms with Crippen molar-refractivity contribution in [1.29, 1.82) is 0 Å². The molecule has 0 aliphatic heterocycles. The molecule has 2 aromatic heterocycles. The van der Waals surface area contributed by atoms with Crippen molar-refractivity contribution in [2.24, 2.45) is 0 Å². The van der Waals surface area contributed by atoms with Gasteiger partial charge in [0.1, 0.15) is 11.6 Å². The zero-order chi connectivity index (χ0) is 24.3. The van der Waals surface area contributed by atoms with Gasteiger partial charge in [-0.15, -0.1) is 0 Å². The van der Waals surface area contributed by atoms with Crippen molar-refractivity contribution in [3.05, 3.63) is 71.7 Å². The molecule has 0 amide bonds. The fourth-order valence-corrected chi connectivity index (χ4v) is 3.45. The molecule has 34 heavy (non-hydrogen) atoms. The number of aromatic nitrogens is 3. The van der Waals surface area contributed by atoms with Gasteiger partial charge in [-0.2, -0.15) is 18.2 Å². The number of pyridine rings is 1. The quantitative estimate of drug-likeness (QED) is 0.264. The molecular formula is C24H20F4N4O2. The lowest BCUT2D eigenvalue weighted by Gasteiger charge is -2.14. The number of hydrogen-bond acceptors (Lipinski definition) is 6. The summed E-state index contributed by atoms with van der Waals surface area (Å²) in [4.78, 5) is 8.54. The largest absolute Gasteiger partial charge is 0.417 e. The minimum Gasteiger partial charge on any atom is -0.396 e. The number of halogens is 4. The van der Waals surface area contributed by atoms with Gasteiger partial charge < -0.3 is 14.9 Å². The highest BCUT2D eigenvalue weighted by Gasteiger charge is 2.35. The van der Waals surface area contributed by atoms with E-state index in [1.165, 1.54) is 36.5 Å². The number of aryl methyl sites for hydroxylation is 1. The fraction of sp³-hybridized carbons (Fsp3) is 0.208. The SMILES string of the molecule is Cc1cc(-c2noc(-c3ccc(-c4ccccc4F)c(C(F)(F)F)c3)n2)cnc1NCCCO. The van der Waals surface area contributed by atoms with Crippen LogP contribution in [0.2, 0.25) is 0 Å². The summed E-state index contributed by atoms with van der Waals surface area (Å²) >= 11 is 0. The molecule has 2 heterocycles. The zero-order valence-corrected chi connectivity index (χ0v) is 18.0. The summed E-state index contributed by atoms with van der Waals surface area (Å²) in [5.41, 5.74) is -0.0570. The Morgan fingerprint density at radius 2 is 1.82 bits per heavy atom. The van der Waals surface area contributed by atoms with Crippen LogP contribution in [0.4, 0.5) is 23.4 Å². The third kappa shape index (κ3) is 4.91. The molecule has 0 bridgehead atoms. The maximum atomic E-state index is 14.2. The van der Waals surface area contributed by atoms with Gasteiger partial charge in [0.2, 0.25) is 5.82 Å². The number of anilines is 1. The van der Waals surface area contributed by atoms with Crippen molar-refractivity contribution in [2.45, 2.75) is 19.5 Å². The molecule has 0 saturated carbocycles. The number of aliphatic hydroxyl groups is 1. The summed E-state index contributed by atoms with van der Waals surface area (Å²) in [5.74, 6) is -0.0555. The van der Waals surface area contributed by atoms with Crippen LogP contribution in [0, 0.1) is 12.7 Å².